The minimum Gasteiger partial charge on any atom is -0.442 e. The summed E-state index contributed by atoms with van der Waals surface area (Å²) in [6.07, 6.45) is 2.33. The van der Waals surface area contributed by atoms with Gasteiger partial charge in [0.1, 0.15) is 16.4 Å². The number of hydrogen-bond acceptors (Lipinski definition) is 4. The predicted octanol–water partition coefficient (Wildman–Crippen LogP) is 1.40. The Hall–Kier alpha value is 0.274. The van der Waals surface area contributed by atoms with Gasteiger partial charge in [-0.05, 0) is 13.0 Å². The molecule has 1 rings (SSSR count). The smallest absolute Gasteiger partial charge is 0.326 e. The highest BCUT2D eigenvalue weighted by atomic mass is 28.4. The average Bonchev–Trinajstić information content (AvgIpc) is 3.02. The van der Waals surface area contributed by atoms with Crippen LogP contribution in [0.25, 0.3) is 0 Å². The van der Waals surface area contributed by atoms with Crippen molar-refractivity contribution in [3.05, 3.63) is 0 Å². The van der Waals surface area contributed by atoms with E-state index in [1.165, 1.54) is 6.42 Å². The fourth-order valence-electron chi connectivity index (χ4n) is 1.44. The molecule has 0 aromatic heterocycles. The van der Waals surface area contributed by atoms with Crippen LogP contribution in [0.15, 0.2) is 0 Å². The minimum atomic E-state index is -1.94. The maximum atomic E-state index is 5.94. The van der Waals surface area contributed by atoms with Crippen LogP contribution in [0.2, 0.25) is 19.1 Å². The van der Waals surface area contributed by atoms with E-state index in [0.717, 1.165) is 25.7 Å². The van der Waals surface area contributed by atoms with Crippen molar-refractivity contribution in [1.29, 1.82) is 0 Å². The van der Waals surface area contributed by atoms with Crippen LogP contribution in [-0.2, 0) is 18.0 Å². The van der Waals surface area contributed by atoms with E-state index in [0.29, 0.717) is 6.61 Å². The molecule has 0 amide bonds. The van der Waals surface area contributed by atoms with E-state index in [4.69, 9.17) is 18.0 Å². The van der Waals surface area contributed by atoms with Crippen molar-refractivity contribution in [2.75, 3.05) is 19.8 Å². The first-order valence-electron chi connectivity index (χ1n) is 6.21. The van der Waals surface area contributed by atoms with Gasteiger partial charge in [-0.15, -0.1) is 0 Å². The third-order valence-electron chi connectivity index (χ3n) is 2.52. The van der Waals surface area contributed by atoms with Gasteiger partial charge in [0, 0.05) is 12.7 Å². The van der Waals surface area contributed by atoms with Gasteiger partial charge < -0.3 is 18.0 Å². The van der Waals surface area contributed by atoms with Crippen LogP contribution in [0.3, 0.4) is 0 Å². The molecule has 1 fully saturated rings. The van der Waals surface area contributed by atoms with Gasteiger partial charge >= 0.3 is 8.56 Å². The summed E-state index contributed by atoms with van der Waals surface area (Å²) in [6, 6.07) is 0.914. The van der Waals surface area contributed by atoms with Crippen LogP contribution in [0.4, 0.5) is 0 Å². The highest BCUT2D eigenvalue weighted by Gasteiger charge is 2.32. The van der Waals surface area contributed by atoms with Crippen molar-refractivity contribution in [2.24, 2.45) is 0 Å². The number of unbranched alkanes of at least 4 members (excludes halogenated alkanes) is 1. The van der Waals surface area contributed by atoms with E-state index >= 15 is 0 Å². The molecule has 1 aliphatic rings. The molecule has 4 nitrogen and oxygen atoms in total. The third kappa shape index (κ3) is 6.12. The Labute approximate surface area is 102 Å². The van der Waals surface area contributed by atoms with Crippen molar-refractivity contribution in [2.45, 2.75) is 45.2 Å². The Kier molecular flexibility index (Phi) is 6.78. The second-order valence-corrected chi connectivity index (χ2v) is 8.94. The van der Waals surface area contributed by atoms with Crippen LogP contribution in [0.5, 0.6) is 0 Å². The van der Waals surface area contributed by atoms with Crippen molar-refractivity contribution in [3.63, 3.8) is 0 Å². The maximum Gasteiger partial charge on any atom is 0.326 e. The number of ether oxygens (including phenoxy) is 2. The van der Waals surface area contributed by atoms with Crippen LogP contribution >= 0.6 is 0 Å². The molecule has 0 bridgehead atoms. The average molecular weight is 264 g/mol. The molecule has 1 aliphatic heterocycles. The summed E-state index contributed by atoms with van der Waals surface area (Å²) in [5, 5.41) is 0. The van der Waals surface area contributed by atoms with Gasteiger partial charge in [0.2, 0.25) is 0 Å². The molecular weight excluding hydrogens is 240 g/mol. The van der Waals surface area contributed by atoms with Crippen LogP contribution in [0, 0.1) is 0 Å². The lowest BCUT2D eigenvalue weighted by molar-refractivity contribution is 0.0551. The predicted molar refractivity (Wildman–Crippen MR) is 68.5 cm³/mol. The fraction of sp³-hybridized carbons (Fsp3) is 1.00. The normalized spacial score (nSPS) is 23.8. The van der Waals surface area contributed by atoms with Crippen molar-refractivity contribution in [1.82, 2.24) is 0 Å². The third-order valence-corrected chi connectivity index (χ3v) is 8.04. The fourth-order valence-corrected chi connectivity index (χ4v) is 6.00. The summed E-state index contributed by atoms with van der Waals surface area (Å²) in [7, 11) is -2.35. The zero-order valence-corrected chi connectivity index (χ0v) is 13.1. The van der Waals surface area contributed by atoms with E-state index in [9.17, 15) is 0 Å². The molecule has 2 atom stereocenters. The van der Waals surface area contributed by atoms with Crippen molar-refractivity contribution < 1.29 is 18.0 Å². The molecule has 0 spiro atoms. The Morgan fingerprint density at radius 2 is 2.19 bits per heavy atom. The molecule has 1 saturated heterocycles. The van der Waals surface area contributed by atoms with E-state index in [1.54, 1.807) is 0 Å². The van der Waals surface area contributed by atoms with E-state index in [2.05, 4.69) is 20.0 Å². The standard InChI is InChI=1S/C10H24O4Si2/c1-4-5-6-13-16(3,14-15-2)8-7-11-10-9-12-10/h10H,4-9,15H2,1-3H3. The maximum absolute atomic E-state index is 5.94. The van der Waals surface area contributed by atoms with Crippen LogP contribution < -0.4 is 0 Å². The van der Waals surface area contributed by atoms with E-state index in [1.807, 2.05) is 0 Å². The molecule has 0 saturated carbocycles. The molecule has 0 radical (unpaired) electrons. The minimum absolute atomic E-state index is 0.0489. The summed E-state index contributed by atoms with van der Waals surface area (Å²) < 4.78 is 22.3. The van der Waals surface area contributed by atoms with Gasteiger partial charge in [-0.2, -0.15) is 0 Å². The van der Waals surface area contributed by atoms with Gasteiger partial charge in [0.05, 0.1) is 6.61 Å². The summed E-state index contributed by atoms with van der Waals surface area (Å²) >= 11 is 0. The highest BCUT2D eigenvalue weighted by Crippen LogP contribution is 2.17. The van der Waals surface area contributed by atoms with Crippen LogP contribution in [-0.4, -0.2) is 44.4 Å². The molecule has 0 aromatic carbocycles. The SMILES string of the molecule is CCCCO[Si](C)(CCOC1CO1)O[SiH2]C. The quantitative estimate of drug-likeness (QED) is 0.340. The lowest BCUT2D eigenvalue weighted by Crippen LogP contribution is -2.41. The Balaban J connectivity index is 2.18. The first-order valence-corrected chi connectivity index (χ1v) is 10.7. The van der Waals surface area contributed by atoms with Gasteiger partial charge in [-0.25, -0.2) is 0 Å². The number of hydrogen-bond donors (Lipinski definition) is 0. The molecule has 0 N–H and O–H groups in total. The summed E-state index contributed by atoms with van der Waals surface area (Å²) in [5.74, 6) is 0. The molecule has 6 heteroatoms. The first-order chi connectivity index (χ1) is 7.70. The second kappa shape index (κ2) is 7.57. The molecule has 1 heterocycles. The topological polar surface area (TPSA) is 40.2 Å². The van der Waals surface area contributed by atoms with Gasteiger partial charge in [0.25, 0.3) is 0 Å². The summed E-state index contributed by atoms with van der Waals surface area (Å²) in [6.45, 7) is 8.75. The van der Waals surface area contributed by atoms with Crippen molar-refractivity contribution in [3.8, 4) is 0 Å². The molecule has 2 unspecified atom stereocenters. The largest absolute Gasteiger partial charge is 0.442 e. The van der Waals surface area contributed by atoms with Gasteiger partial charge in [-0.3, -0.25) is 0 Å². The monoisotopic (exact) mass is 264 g/mol. The van der Waals surface area contributed by atoms with E-state index in [-0.39, 0.29) is 6.29 Å². The second-order valence-electron chi connectivity index (χ2n) is 4.15. The van der Waals surface area contributed by atoms with Crippen LogP contribution in [0.1, 0.15) is 19.8 Å². The summed E-state index contributed by atoms with van der Waals surface area (Å²) in [5.41, 5.74) is 0. The Morgan fingerprint density at radius 3 is 2.75 bits per heavy atom. The number of epoxide rings is 1. The Morgan fingerprint density at radius 1 is 1.44 bits per heavy atom. The lowest BCUT2D eigenvalue weighted by Gasteiger charge is -2.26. The Bertz CT molecular complexity index is 190. The molecule has 96 valence electrons. The molecular formula is C10H24O4Si2. The first kappa shape index (κ1) is 14.3. The van der Waals surface area contributed by atoms with E-state index < -0.39 is 18.3 Å². The van der Waals surface area contributed by atoms with Gasteiger partial charge in [0.15, 0.2) is 6.29 Å². The molecule has 0 aliphatic carbocycles. The van der Waals surface area contributed by atoms with Gasteiger partial charge in [-0.1, -0.05) is 19.9 Å². The molecule has 0 aromatic rings. The molecule has 16 heavy (non-hydrogen) atoms. The number of rotatable bonds is 10. The zero-order valence-electron chi connectivity index (χ0n) is 10.7. The zero-order chi connectivity index (χ0) is 11.9. The highest BCUT2D eigenvalue weighted by molar-refractivity contribution is 6.70. The lowest BCUT2D eigenvalue weighted by atomic mass is 10.4. The van der Waals surface area contributed by atoms with Crippen molar-refractivity contribution >= 4 is 18.3 Å². The summed E-state index contributed by atoms with van der Waals surface area (Å²) in [4.78, 5) is 0.